The number of hydrogen-bond acceptors (Lipinski definition) is 3. The third-order valence-corrected chi connectivity index (χ3v) is 5.55. The zero-order valence-corrected chi connectivity index (χ0v) is 12.9. The van der Waals surface area contributed by atoms with Crippen LogP contribution in [0.2, 0.25) is 0 Å². The average molecular weight is 294 g/mol. The molecule has 1 aliphatic rings. The number of aryl methyl sites for hydroxylation is 1. The van der Waals surface area contributed by atoms with E-state index in [4.69, 9.17) is 5.73 Å². The van der Waals surface area contributed by atoms with Crippen LogP contribution in [-0.4, -0.2) is 25.8 Å². The Morgan fingerprint density at radius 3 is 2.65 bits per heavy atom. The largest absolute Gasteiger partial charge is 0.326 e. The maximum absolute atomic E-state index is 12.7. The Morgan fingerprint density at radius 2 is 2.05 bits per heavy atom. The second-order valence-corrected chi connectivity index (χ2v) is 7.10. The first-order chi connectivity index (χ1) is 9.48. The van der Waals surface area contributed by atoms with Gasteiger partial charge >= 0.3 is 0 Å². The predicted octanol–water partition coefficient (Wildman–Crippen LogP) is 2.05. The van der Waals surface area contributed by atoms with E-state index in [0.717, 1.165) is 29.5 Å². The van der Waals surface area contributed by atoms with Gasteiger partial charge in [-0.2, -0.15) is 4.31 Å². The second kappa shape index (κ2) is 6.08. The lowest BCUT2D eigenvalue weighted by Crippen LogP contribution is -2.35. The van der Waals surface area contributed by atoms with Gasteiger partial charge in [-0.1, -0.05) is 24.6 Å². The van der Waals surface area contributed by atoms with Crippen molar-refractivity contribution in [2.24, 2.45) is 5.73 Å². The first-order valence-electron chi connectivity index (χ1n) is 6.96. The number of hydrogen-bond donors (Lipinski definition) is 1. The quantitative estimate of drug-likeness (QED) is 0.864. The third kappa shape index (κ3) is 2.95. The molecule has 0 saturated carbocycles. The highest BCUT2D eigenvalue weighted by Gasteiger charge is 2.26. The Kier molecular flexibility index (Phi) is 4.62. The molecule has 0 fully saturated rings. The molecule has 1 aromatic carbocycles. The van der Waals surface area contributed by atoms with E-state index in [1.165, 1.54) is 0 Å². The molecule has 2 N–H and O–H groups in total. The molecule has 1 aromatic rings. The molecular formula is C15H22N2O2S. The fourth-order valence-corrected chi connectivity index (χ4v) is 4.08. The summed E-state index contributed by atoms with van der Waals surface area (Å²) in [5.41, 5.74) is 8.85. The summed E-state index contributed by atoms with van der Waals surface area (Å²) in [6.07, 6.45) is 3.73. The van der Waals surface area contributed by atoms with Gasteiger partial charge in [-0.3, -0.25) is 0 Å². The van der Waals surface area contributed by atoms with Gasteiger partial charge in [0.25, 0.3) is 0 Å². The molecular weight excluding hydrogens is 272 g/mol. The van der Waals surface area contributed by atoms with E-state index in [2.05, 4.69) is 6.08 Å². The number of rotatable bonds is 4. The SMILES string of the molecule is CCc1ccc(S(=O)(=O)N2CCC=C(C)C2)cc1CN. The van der Waals surface area contributed by atoms with E-state index in [1.54, 1.807) is 16.4 Å². The molecule has 0 atom stereocenters. The number of sulfonamides is 1. The van der Waals surface area contributed by atoms with Crippen LogP contribution < -0.4 is 5.73 Å². The van der Waals surface area contributed by atoms with Gasteiger partial charge in [0.1, 0.15) is 0 Å². The smallest absolute Gasteiger partial charge is 0.243 e. The summed E-state index contributed by atoms with van der Waals surface area (Å²) in [5, 5.41) is 0. The summed E-state index contributed by atoms with van der Waals surface area (Å²) in [7, 11) is -3.42. The molecule has 2 rings (SSSR count). The lowest BCUT2D eigenvalue weighted by atomic mass is 10.1. The van der Waals surface area contributed by atoms with Crippen LogP contribution in [-0.2, 0) is 23.0 Å². The van der Waals surface area contributed by atoms with E-state index < -0.39 is 10.0 Å². The Hall–Kier alpha value is -1.17. The van der Waals surface area contributed by atoms with Crippen molar-refractivity contribution in [2.45, 2.75) is 38.1 Å². The Balaban J connectivity index is 2.37. The van der Waals surface area contributed by atoms with E-state index in [9.17, 15) is 8.42 Å². The minimum Gasteiger partial charge on any atom is -0.326 e. The minimum atomic E-state index is -3.42. The molecule has 0 unspecified atom stereocenters. The zero-order chi connectivity index (χ0) is 14.8. The van der Waals surface area contributed by atoms with Crippen molar-refractivity contribution in [1.82, 2.24) is 4.31 Å². The zero-order valence-electron chi connectivity index (χ0n) is 12.1. The molecule has 1 heterocycles. The highest BCUT2D eigenvalue weighted by atomic mass is 32.2. The summed E-state index contributed by atoms with van der Waals surface area (Å²) in [6, 6.07) is 5.30. The molecule has 0 radical (unpaired) electrons. The van der Waals surface area contributed by atoms with Crippen molar-refractivity contribution in [2.75, 3.05) is 13.1 Å². The van der Waals surface area contributed by atoms with Gasteiger partial charge in [0.05, 0.1) is 4.90 Å². The predicted molar refractivity (Wildman–Crippen MR) is 80.8 cm³/mol. The normalized spacial score (nSPS) is 17.1. The van der Waals surface area contributed by atoms with Crippen LogP contribution in [0.1, 0.15) is 31.4 Å². The summed E-state index contributed by atoms with van der Waals surface area (Å²) in [6.45, 7) is 5.41. The lowest BCUT2D eigenvalue weighted by Gasteiger charge is -2.25. The van der Waals surface area contributed by atoms with Crippen LogP contribution in [0.3, 0.4) is 0 Å². The van der Waals surface area contributed by atoms with E-state index in [-0.39, 0.29) is 0 Å². The van der Waals surface area contributed by atoms with Gasteiger partial charge < -0.3 is 5.73 Å². The van der Waals surface area contributed by atoms with Gasteiger partial charge in [-0.15, -0.1) is 0 Å². The van der Waals surface area contributed by atoms with Gasteiger partial charge in [0.2, 0.25) is 10.0 Å². The van der Waals surface area contributed by atoms with Crippen LogP contribution >= 0.6 is 0 Å². The Morgan fingerprint density at radius 1 is 1.30 bits per heavy atom. The van der Waals surface area contributed by atoms with Gasteiger partial charge in [0, 0.05) is 19.6 Å². The fourth-order valence-electron chi connectivity index (χ4n) is 2.53. The van der Waals surface area contributed by atoms with E-state index in [0.29, 0.717) is 24.5 Å². The van der Waals surface area contributed by atoms with Crippen LogP contribution in [0.5, 0.6) is 0 Å². The minimum absolute atomic E-state index is 0.352. The van der Waals surface area contributed by atoms with Crippen LogP contribution in [0, 0.1) is 0 Å². The molecule has 0 aromatic heterocycles. The number of nitrogens with zero attached hydrogens (tertiary/aromatic N) is 1. The maximum atomic E-state index is 12.7. The van der Waals surface area contributed by atoms with Crippen LogP contribution in [0.4, 0.5) is 0 Å². The first-order valence-corrected chi connectivity index (χ1v) is 8.40. The summed E-state index contributed by atoms with van der Waals surface area (Å²) >= 11 is 0. The Labute approximate surface area is 121 Å². The van der Waals surface area contributed by atoms with Crippen LogP contribution in [0.25, 0.3) is 0 Å². The van der Waals surface area contributed by atoms with Crippen molar-refractivity contribution >= 4 is 10.0 Å². The third-order valence-electron chi connectivity index (χ3n) is 3.71. The van der Waals surface area contributed by atoms with E-state index >= 15 is 0 Å². The molecule has 0 bridgehead atoms. The molecule has 20 heavy (non-hydrogen) atoms. The standard InChI is InChI=1S/C15H22N2O2S/c1-3-13-6-7-15(9-14(13)10-16)20(18,19)17-8-4-5-12(2)11-17/h5-7,9H,3-4,8,10-11,16H2,1-2H3. The first kappa shape index (κ1) is 15.2. The maximum Gasteiger partial charge on any atom is 0.243 e. The molecule has 0 spiro atoms. The van der Waals surface area contributed by atoms with Crippen molar-refractivity contribution < 1.29 is 8.42 Å². The summed E-state index contributed by atoms with van der Waals surface area (Å²) in [5.74, 6) is 0. The summed E-state index contributed by atoms with van der Waals surface area (Å²) in [4.78, 5) is 0.352. The molecule has 4 nitrogen and oxygen atoms in total. The van der Waals surface area contributed by atoms with Gasteiger partial charge in [-0.05, 0) is 43.0 Å². The van der Waals surface area contributed by atoms with Crippen LogP contribution in [0.15, 0.2) is 34.7 Å². The monoisotopic (exact) mass is 294 g/mol. The molecule has 1 aliphatic heterocycles. The van der Waals surface area contributed by atoms with Crippen molar-refractivity contribution in [1.29, 1.82) is 0 Å². The topological polar surface area (TPSA) is 63.4 Å². The van der Waals surface area contributed by atoms with Gasteiger partial charge in [-0.25, -0.2) is 8.42 Å². The molecule has 0 amide bonds. The highest BCUT2D eigenvalue weighted by Crippen LogP contribution is 2.23. The molecule has 0 saturated heterocycles. The fraction of sp³-hybridized carbons (Fsp3) is 0.467. The number of benzene rings is 1. The second-order valence-electron chi connectivity index (χ2n) is 5.17. The summed E-state index contributed by atoms with van der Waals surface area (Å²) < 4.78 is 26.9. The van der Waals surface area contributed by atoms with Crippen molar-refractivity contribution in [3.8, 4) is 0 Å². The Bertz CT molecular complexity index is 621. The average Bonchev–Trinajstić information content (AvgIpc) is 2.46. The van der Waals surface area contributed by atoms with Crippen molar-refractivity contribution in [3.05, 3.63) is 41.0 Å². The number of nitrogens with two attached hydrogens (primary N) is 1. The van der Waals surface area contributed by atoms with E-state index in [1.807, 2.05) is 19.9 Å². The lowest BCUT2D eigenvalue weighted by molar-refractivity contribution is 0.428. The highest BCUT2D eigenvalue weighted by molar-refractivity contribution is 7.89. The van der Waals surface area contributed by atoms with Crippen molar-refractivity contribution in [3.63, 3.8) is 0 Å². The molecule has 5 heteroatoms. The molecule has 0 aliphatic carbocycles. The molecule has 110 valence electrons. The van der Waals surface area contributed by atoms with Gasteiger partial charge in [0.15, 0.2) is 0 Å².